The minimum absolute atomic E-state index is 0.114. The molecular formula is C18H13N5O4S. The summed E-state index contributed by atoms with van der Waals surface area (Å²) in [6.07, 6.45) is 4.42. The maximum absolute atomic E-state index is 11.8. The average Bonchev–Trinajstić information content (AvgIpc) is 3.22. The fraction of sp³-hybridized carbons (Fsp3) is 0. The third-order valence-corrected chi connectivity index (χ3v) is 4.87. The van der Waals surface area contributed by atoms with Gasteiger partial charge in [-0.1, -0.05) is 24.3 Å². The van der Waals surface area contributed by atoms with Crippen molar-refractivity contribution in [1.29, 1.82) is 0 Å². The molecule has 0 unspecified atom stereocenters. The molecule has 0 aliphatic rings. The number of aromatic nitrogens is 2. The number of oxazole rings is 1. The highest BCUT2D eigenvalue weighted by Crippen LogP contribution is 2.36. The van der Waals surface area contributed by atoms with Gasteiger partial charge in [0.15, 0.2) is 0 Å². The van der Waals surface area contributed by atoms with Crippen molar-refractivity contribution >= 4 is 38.0 Å². The van der Waals surface area contributed by atoms with Crippen LogP contribution in [0.25, 0.3) is 22.4 Å². The number of fused-ring (bicyclic) bond motifs is 1. The summed E-state index contributed by atoms with van der Waals surface area (Å²) in [5.74, 6) is 0.375. The van der Waals surface area contributed by atoms with Crippen LogP contribution in [0.3, 0.4) is 0 Å². The number of nitrogens with two attached hydrogens (primary N) is 1. The number of anilines is 1. The molecule has 0 radical (unpaired) electrons. The third-order valence-electron chi connectivity index (χ3n) is 3.98. The molecule has 0 bridgehead atoms. The fourth-order valence-corrected chi connectivity index (χ4v) is 3.40. The topological polar surface area (TPSA) is 144 Å². The van der Waals surface area contributed by atoms with E-state index >= 15 is 0 Å². The van der Waals surface area contributed by atoms with Crippen molar-refractivity contribution in [2.45, 2.75) is 4.90 Å². The summed E-state index contributed by atoms with van der Waals surface area (Å²) >= 11 is 0. The Bertz CT molecular complexity index is 1280. The van der Waals surface area contributed by atoms with E-state index in [1.54, 1.807) is 36.4 Å². The van der Waals surface area contributed by atoms with Crippen LogP contribution in [0.2, 0.25) is 0 Å². The minimum Gasteiger partial charge on any atom is -0.443 e. The zero-order chi connectivity index (χ0) is 19.7. The molecule has 2 aromatic heterocycles. The Hall–Kier alpha value is -3.63. The molecule has 4 rings (SSSR count). The lowest BCUT2D eigenvalue weighted by atomic mass is 10.1. The normalized spacial score (nSPS) is 12.0. The van der Waals surface area contributed by atoms with Crippen LogP contribution in [0.1, 0.15) is 0 Å². The Labute approximate surface area is 159 Å². The van der Waals surface area contributed by atoms with E-state index < -0.39 is 10.1 Å². The van der Waals surface area contributed by atoms with Crippen molar-refractivity contribution in [2.75, 3.05) is 5.73 Å². The van der Waals surface area contributed by atoms with Gasteiger partial charge >= 0.3 is 0 Å². The molecule has 28 heavy (non-hydrogen) atoms. The zero-order valence-corrected chi connectivity index (χ0v) is 15.0. The Morgan fingerprint density at radius 1 is 1.04 bits per heavy atom. The Balaban J connectivity index is 1.74. The quantitative estimate of drug-likeness (QED) is 0.300. The van der Waals surface area contributed by atoms with Crippen molar-refractivity contribution in [3.8, 4) is 11.6 Å². The van der Waals surface area contributed by atoms with E-state index in [0.29, 0.717) is 28.0 Å². The third kappa shape index (κ3) is 3.33. The van der Waals surface area contributed by atoms with Crippen LogP contribution in [-0.4, -0.2) is 22.9 Å². The smallest absolute Gasteiger partial charge is 0.295 e. The van der Waals surface area contributed by atoms with Gasteiger partial charge in [-0.05, 0) is 18.2 Å². The van der Waals surface area contributed by atoms with Gasteiger partial charge in [0, 0.05) is 10.8 Å². The fourth-order valence-electron chi connectivity index (χ4n) is 2.68. The zero-order valence-electron chi connectivity index (χ0n) is 14.2. The molecule has 3 N–H and O–H groups in total. The van der Waals surface area contributed by atoms with Crippen molar-refractivity contribution in [3.63, 3.8) is 0 Å². The van der Waals surface area contributed by atoms with Gasteiger partial charge in [0.2, 0.25) is 5.89 Å². The average molecular weight is 395 g/mol. The lowest BCUT2D eigenvalue weighted by Crippen LogP contribution is -2.01. The molecule has 0 saturated heterocycles. The highest BCUT2D eigenvalue weighted by Gasteiger charge is 2.18. The van der Waals surface area contributed by atoms with Gasteiger partial charge in [0.05, 0.1) is 18.1 Å². The van der Waals surface area contributed by atoms with E-state index in [0.717, 1.165) is 0 Å². The van der Waals surface area contributed by atoms with Gasteiger partial charge in [-0.25, -0.2) is 9.97 Å². The van der Waals surface area contributed by atoms with Crippen molar-refractivity contribution < 1.29 is 17.4 Å². The molecule has 4 aromatic rings. The maximum Gasteiger partial charge on any atom is 0.295 e. The van der Waals surface area contributed by atoms with E-state index in [9.17, 15) is 13.0 Å². The van der Waals surface area contributed by atoms with Crippen LogP contribution in [0.5, 0.6) is 0 Å². The van der Waals surface area contributed by atoms with Crippen LogP contribution in [0, 0.1) is 0 Å². The summed E-state index contributed by atoms with van der Waals surface area (Å²) in [5.41, 5.74) is 7.42. The predicted molar refractivity (Wildman–Crippen MR) is 102 cm³/mol. The molecular weight excluding hydrogens is 382 g/mol. The van der Waals surface area contributed by atoms with Crippen molar-refractivity contribution in [3.05, 3.63) is 61.1 Å². The number of hydrogen-bond acceptors (Lipinski definition) is 8. The highest BCUT2D eigenvalue weighted by atomic mass is 32.2. The lowest BCUT2D eigenvalue weighted by Gasteiger charge is -2.09. The molecule has 2 aromatic carbocycles. The molecule has 9 nitrogen and oxygen atoms in total. The summed E-state index contributed by atoms with van der Waals surface area (Å²) in [5, 5.41) is 8.84. The highest BCUT2D eigenvalue weighted by molar-refractivity contribution is 7.86. The predicted octanol–water partition coefficient (Wildman–Crippen LogP) is 4.13. The lowest BCUT2D eigenvalue weighted by molar-refractivity contribution is 0.484. The number of rotatable bonds is 4. The molecule has 0 aliphatic carbocycles. The molecule has 0 aliphatic heterocycles. The maximum atomic E-state index is 11.8. The first-order valence-electron chi connectivity index (χ1n) is 8.00. The van der Waals surface area contributed by atoms with E-state index in [1.807, 2.05) is 0 Å². The molecule has 10 heteroatoms. The Morgan fingerprint density at radius 3 is 2.46 bits per heavy atom. The largest absolute Gasteiger partial charge is 0.443 e. The summed E-state index contributed by atoms with van der Waals surface area (Å²) < 4.78 is 38.2. The number of nitrogen functional groups attached to an aromatic ring is 1. The van der Waals surface area contributed by atoms with E-state index in [-0.39, 0.29) is 16.3 Å². The summed E-state index contributed by atoms with van der Waals surface area (Å²) in [6, 6.07) is 11.1. The van der Waals surface area contributed by atoms with E-state index in [2.05, 4.69) is 20.2 Å². The SMILES string of the molecule is Nc1c(N=Nc2ccc(-c3ncco3)nc2)cc(S(=O)(=O)O)c2ccccc12. The van der Waals surface area contributed by atoms with Gasteiger partial charge in [-0.15, -0.1) is 10.2 Å². The van der Waals surface area contributed by atoms with Crippen LogP contribution >= 0.6 is 0 Å². The van der Waals surface area contributed by atoms with Gasteiger partial charge < -0.3 is 10.2 Å². The van der Waals surface area contributed by atoms with Crippen LogP contribution < -0.4 is 5.73 Å². The number of hydrogen-bond donors (Lipinski definition) is 2. The molecule has 0 saturated carbocycles. The second kappa shape index (κ2) is 6.83. The molecule has 140 valence electrons. The number of azo groups is 1. The summed E-state index contributed by atoms with van der Waals surface area (Å²) in [6.45, 7) is 0. The van der Waals surface area contributed by atoms with Crippen molar-refractivity contribution in [1.82, 2.24) is 9.97 Å². The first-order chi connectivity index (χ1) is 13.4. The molecule has 2 heterocycles. The number of nitrogens with zero attached hydrogens (tertiary/aromatic N) is 4. The van der Waals surface area contributed by atoms with Gasteiger partial charge in [-0.3, -0.25) is 4.55 Å². The minimum atomic E-state index is -4.47. The van der Waals surface area contributed by atoms with Gasteiger partial charge in [0.1, 0.15) is 28.2 Å². The second-order valence-electron chi connectivity index (χ2n) is 5.77. The Morgan fingerprint density at radius 2 is 1.82 bits per heavy atom. The Kier molecular flexibility index (Phi) is 4.34. The molecule has 0 fully saturated rings. The van der Waals surface area contributed by atoms with E-state index in [1.165, 1.54) is 24.7 Å². The first-order valence-corrected chi connectivity index (χ1v) is 9.44. The first kappa shape index (κ1) is 17.8. The van der Waals surface area contributed by atoms with Crippen LogP contribution in [-0.2, 0) is 10.1 Å². The van der Waals surface area contributed by atoms with Gasteiger partial charge in [-0.2, -0.15) is 8.42 Å². The number of benzene rings is 2. The standard InChI is InChI=1S/C18H13N5O4S/c19-17-13-4-2-1-3-12(13)16(28(24,25)26)9-15(17)23-22-11-5-6-14(21-10-11)18-20-7-8-27-18/h1-10H,19H2,(H,24,25,26). The molecule has 0 atom stereocenters. The summed E-state index contributed by atoms with van der Waals surface area (Å²) in [4.78, 5) is 7.90. The number of pyridine rings is 1. The summed E-state index contributed by atoms with van der Waals surface area (Å²) in [7, 11) is -4.47. The van der Waals surface area contributed by atoms with E-state index in [4.69, 9.17) is 10.2 Å². The molecule has 0 spiro atoms. The van der Waals surface area contributed by atoms with Gasteiger partial charge in [0.25, 0.3) is 10.1 Å². The van der Waals surface area contributed by atoms with Crippen LogP contribution in [0.15, 0.2) is 80.7 Å². The van der Waals surface area contributed by atoms with Crippen molar-refractivity contribution in [2.24, 2.45) is 10.2 Å². The second-order valence-corrected chi connectivity index (χ2v) is 7.16. The monoisotopic (exact) mass is 395 g/mol. The molecule has 0 amide bonds. The van der Waals surface area contributed by atoms with Crippen LogP contribution in [0.4, 0.5) is 17.1 Å².